The smallest absolute Gasteiger partial charge is 0.0640 e. The molecule has 1 nitrogen and oxygen atoms in total. The summed E-state index contributed by atoms with van der Waals surface area (Å²) in [5.41, 5.74) is 8.91. The molecule has 0 N–H and O–H groups in total. The highest BCUT2D eigenvalue weighted by Crippen LogP contribution is 2.53. The second-order valence-corrected chi connectivity index (χ2v) is 15.5. The maximum Gasteiger partial charge on any atom is 0.0640 e. The molecule has 2 heteroatoms. The van der Waals surface area contributed by atoms with Gasteiger partial charge in [0, 0.05) is 37.3 Å². The van der Waals surface area contributed by atoms with Crippen molar-refractivity contribution in [3.63, 3.8) is 0 Å². The molecule has 0 amide bonds. The highest BCUT2D eigenvalue weighted by molar-refractivity contribution is 7.27. The van der Waals surface area contributed by atoms with Gasteiger partial charge in [-0.1, -0.05) is 153 Å². The number of benzene rings is 9. The Balaban J connectivity index is 1.27. The Morgan fingerprint density at radius 1 is 0.412 bits per heavy atom. The van der Waals surface area contributed by atoms with Crippen LogP contribution in [0.2, 0.25) is 0 Å². The average molecular weight is 668 g/mol. The molecule has 0 saturated heterocycles. The fourth-order valence-electron chi connectivity index (χ4n) is 9.05. The molecule has 0 bridgehead atoms. The minimum Gasteiger partial charge on any atom is -0.308 e. The van der Waals surface area contributed by atoms with Gasteiger partial charge in [0.05, 0.1) is 16.1 Å². The summed E-state index contributed by atoms with van der Waals surface area (Å²) in [6.07, 6.45) is 0. The predicted molar refractivity (Wildman–Crippen MR) is 222 cm³/mol. The summed E-state index contributed by atoms with van der Waals surface area (Å²) in [6.45, 7) is 4.75. The molecule has 1 aliphatic rings. The van der Waals surface area contributed by atoms with Gasteiger partial charge in [-0.3, -0.25) is 0 Å². The van der Waals surface area contributed by atoms with E-state index in [9.17, 15) is 0 Å². The predicted octanol–water partition coefficient (Wildman–Crippen LogP) is 14.4. The minimum absolute atomic E-state index is 0.111. The Morgan fingerprint density at radius 2 is 1.00 bits per heavy atom. The van der Waals surface area contributed by atoms with Gasteiger partial charge in [-0.2, -0.15) is 0 Å². The zero-order valence-corrected chi connectivity index (χ0v) is 29.3. The van der Waals surface area contributed by atoms with E-state index in [4.69, 9.17) is 0 Å². The summed E-state index contributed by atoms with van der Waals surface area (Å²) in [7, 11) is 0. The molecule has 1 aliphatic carbocycles. The van der Waals surface area contributed by atoms with Gasteiger partial charge in [0.25, 0.3) is 0 Å². The van der Waals surface area contributed by atoms with Crippen molar-refractivity contribution >= 4 is 91.7 Å². The first-order chi connectivity index (χ1) is 25.1. The van der Waals surface area contributed by atoms with Crippen LogP contribution in [0.5, 0.6) is 0 Å². The summed E-state index contributed by atoms with van der Waals surface area (Å²) >= 11 is 1.93. The lowest BCUT2D eigenvalue weighted by atomic mass is 9.82. The van der Waals surface area contributed by atoms with Gasteiger partial charge in [-0.25, -0.2) is 0 Å². The number of thiophene rings is 1. The van der Waals surface area contributed by atoms with Crippen LogP contribution in [0, 0.1) is 0 Å². The molecule has 10 aromatic rings. The molecule has 240 valence electrons. The molecule has 1 aromatic heterocycles. The molecule has 0 spiro atoms. The molecular formula is C49H33NS. The van der Waals surface area contributed by atoms with Crippen LogP contribution < -0.4 is 4.90 Å². The van der Waals surface area contributed by atoms with Crippen LogP contribution in [0.4, 0.5) is 17.1 Å². The fraction of sp³-hybridized carbons (Fsp3) is 0.0612. The van der Waals surface area contributed by atoms with E-state index in [2.05, 4.69) is 183 Å². The monoisotopic (exact) mass is 667 g/mol. The second-order valence-electron chi connectivity index (χ2n) is 14.4. The van der Waals surface area contributed by atoms with Crippen molar-refractivity contribution in [2.24, 2.45) is 0 Å². The van der Waals surface area contributed by atoms with Crippen LogP contribution in [0.15, 0.2) is 164 Å². The summed E-state index contributed by atoms with van der Waals surface area (Å²) in [5, 5.41) is 12.9. The van der Waals surface area contributed by atoms with E-state index in [-0.39, 0.29) is 5.41 Å². The lowest BCUT2D eigenvalue weighted by molar-refractivity contribution is 0.660. The topological polar surface area (TPSA) is 3.24 Å². The van der Waals surface area contributed by atoms with Crippen LogP contribution in [-0.4, -0.2) is 0 Å². The van der Waals surface area contributed by atoms with Crippen LogP contribution in [0.1, 0.15) is 25.0 Å². The lowest BCUT2D eigenvalue weighted by Gasteiger charge is -2.30. The normalized spacial score (nSPS) is 13.5. The number of hydrogen-bond donors (Lipinski definition) is 0. The van der Waals surface area contributed by atoms with Crippen LogP contribution in [0.3, 0.4) is 0 Å². The van der Waals surface area contributed by atoms with Gasteiger partial charge in [-0.15, -0.1) is 11.3 Å². The highest BCUT2D eigenvalue weighted by Gasteiger charge is 2.36. The van der Waals surface area contributed by atoms with Crippen molar-refractivity contribution in [1.82, 2.24) is 0 Å². The Labute approximate surface area is 300 Å². The number of hydrogen-bond acceptors (Lipinski definition) is 2. The SMILES string of the molecule is CC1(C)c2ccccc2-c2ccc(N(c3cc4ccccc4c4ccccc34)c3cccc4c3sc3c5ccccc5c5ccccc5c43)cc21. The molecule has 0 saturated carbocycles. The van der Waals surface area contributed by atoms with Gasteiger partial charge >= 0.3 is 0 Å². The first kappa shape index (κ1) is 28.8. The Hall–Kier alpha value is -5.96. The standard InChI is InChI=1S/C49H33NS/c1-49(2)42-24-12-11-19-36(42)37-27-26-31(29-43(37)49)50(45-28-30-14-3-4-15-32(30)33-16-5-8-20-38(33)45)44-25-13-23-41-46-39-21-9-6-17-34(39)35-18-7-10-22-40(35)48(46)51-47(41)44/h3-29H,1-2H3. The summed E-state index contributed by atoms with van der Waals surface area (Å²) < 4.78 is 2.65. The van der Waals surface area contributed by atoms with E-state index < -0.39 is 0 Å². The van der Waals surface area contributed by atoms with Gasteiger partial charge in [0.2, 0.25) is 0 Å². The van der Waals surface area contributed by atoms with E-state index in [0.717, 1.165) is 0 Å². The molecule has 0 aliphatic heterocycles. The first-order valence-electron chi connectivity index (χ1n) is 17.8. The maximum atomic E-state index is 2.55. The minimum atomic E-state index is -0.111. The summed E-state index contributed by atoms with van der Waals surface area (Å²) in [6, 6.07) is 61.0. The molecule has 9 aromatic carbocycles. The van der Waals surface area contributed by atoms with E-state index in [0.29, 0.717) is 0 Å². The van der Waals surface area contributed by atoms with Gasteiger partial charge < -0.3 is 4.90 Å². The fourth-order valence-corrected chi connectivity index (χ4v) is 10.4. The van der Waals surface area contributed by atoms with Gasteiger partial charge in [0.15, 0.2) is 0 Å². The third-order valence-electron chi connectivity index (χ3n) is 11.4. The van der Waals surface area contributed by atoms with E-state index in [1.165, 1.54) is 103 Å². The molecule has 1 heterocycles. The molecular weight excluding hydrogens is 635 g/mol. The largest absolute Gasteiger partial charge is 0.308 e. The maximum absolute atomic E-state index is 2.55. The quantitative estimate of drug-likeness (QED) is 0.170. The Kier molecular flexibility index (Phi) is 5.95. The Morgan fingerprint density at radius 3 is 1.80 bits per heavy atom. The van der Waals surface area contributed by atoms with Crippen molar-refractivity contribution < 1.29 is 0 Å². The lowest BCUT2D eigenvalue weighted by Crippen LogP contribution is -2.16. The van der Waals surface area contributed by atoms with Crippen LogP contribution >= 0.6 is 11.3 Å². The Bertz CT molecular complexity index is 3070. The van der Waals surface area contributed by atoms with E-state index >= 15 is 0 Å². The van der Waals surface area contributed by atoms with Crippen molar-refractivity contribution in [1.29, 1.82) is 0 Å². The van der Waals surface area contributed by atoms with Crippen molar-refractivity contribution in [3.05, 3.63) is 175 Å². The molecule has 0 atom stereocenters. The van der Waals surface area contributed by atoms with Crippen molar-refractivity contribution in [2.75, 3.05) is 4.90 Å². The van der Waals surface area contributed by atoms with Gasteiger partial charge in [-0.05, 0) is 78.8 Å². The van der Waals surface area contributed by atoms with E-state index in [1.54, 1.807) is 0 Å². The molecule has 51 heavy (non-hydrogen) atoms. The zero-order valence-electron chi connectivity index (χ0n) is 28.4. The van der Waals surface area contributed by atoms with E-state index in [1.807, 2.05) is 11.3 Å². The molecule has 0 unspecified atom stereocenters. The number of anilines is 3. The van der Waals surface area contributed by atoms with Crippen molar-refractivity contribution in [3.8, 4) is 11.1 Å². The third kappa shape index (κ3) is 3.97. The average Bonchev–Trinajstić information content (AvgIpc) is 3.69. The number of rotatable bonds is 3. The van der Waals surface area contributed by atoms with Crippen LogP contribution in [-0.2, 0) is 5.41 Å². The first-order valence-corrected chi connectivity index (χ1v) is 18.6. The number of nitrogens with zero attached hydrogens (tertiary/aromatic N) is 1. The third-order valence-corrected chi connectivity index (χ3v) is 12.7. The zero-order chi connectivity index (χ0) is 33.8. The summed E-state index contributed by atoms with van der Waals surface area (Å²) in [4.78, 5) is 2.55. The van der Waals surface area contributed by atoms with Crippen LogP contribution in [0.25, 0.3) is 74.4 Å². The number of fused-ring (bicyclic) bond motifs is 14. The van der Waals surface area contributed by atoms with Gasteiger partial charge in [0.1, 0.15) is 0 Å². The van der Waals surface area contributed by atoms with Crippen molar-refractivity contribution in [2.45, 2.75) is 19.3 Å². The molecule has 11 rings (SSSR count). The second kappa shape index (κ2) is 10.5. The molecule has 0 radical (unpaired) electrons. The highest BCUT2D eigenvalue weighted by atomic mass is 32.1. The molecule has 0 fully saturated rings. The summed E-state index contributed by atoms with van der Waals surface area (Å²) in [5.74, 6) is 0.